The summed E-state index contributed by atoms with van der Waals surface area (Å²) < 4.78 is 16.4. The van der Waals surface area contributed by atoms with Crippen molar-refractivity contribution in [1.29, 1.82) is 0 Å². The summed E-state index contributed by atoms with van der Waals surface area (Å²) in [5.74, 6) is 0.176. The fourth-order valence-electron chi connectivity index (χ4n) is 1.27. The first-order valence-electron chi connectivity index (χ1n) is 5.33. The highest BCUT2D eigenvalue weighted by molar-refractivity contribution is 7.85. The molecular weight excluding hydrogens is 236 g/mol. The average molecular weight is 252 g/mol. The Morgan fingerprint density at radius 2 is 2.06 bits per heavy atom. The largest absolute Gasteiger partial charge is 0.466 e. The Bertz CT molecular complexity index is 412. The van der Waals surface area contributed by atoms with E-state index in [0.717, 1.165) is 4.90 Å². The molecule has 0 bridgehead atoms. The number of allylic oxidation sites excluding steroid dienone is 1. The zero-order valence-electron chi connectivity index (χ0n) is 9.96. The van der Waals surface area contributed by atoms with Gasteiger partial charge in [0.05, 0.1) is 17.9 Å². The summed E-state index contributed by atoms with van der Waals surface area (Å²) in [7, 11) is 0.299. The number of carbonyl (C=O) groups excluding carboxylic acids is 1. The smallest absolute Gasteiger partial charge is 0.330 e. The summed E-state index contributed by atoms with van der Waals surface area (Å²) in [5, 5.41) is 0. The third kappa shape index (κ3) is 4.95. The van der Waals surface area contributed by atoms with Crippen LogP contribution in [0.3, 0.4) is 0 Å². The minimum absolute atomic E-state index is 0.0649. The molecule has 0 fully saturated rings. The van der Waals surface area contributed by atoms with Crippen molar-refractivity contribution in [2.45, 2.75) is 11.8 Å². The van der Waals surface area contributed by atoms with E-state index in [9.17, 15) is 9.00 Å². The van der Waals surface area contributed by atoms with Crippen molar-refractivity contribution in [1.82, 2.24) is 0 Å². The lowest BCUT2D eigenvalue weighted by Gasteiger charge is -2.06. The maximum absolute atomic E-state index is 11.9. The van der Waals surface area contributed by atoms with Crippen LogP contribution in [0.25, 0.3) is 0 Å². The summed E-state index contributed by atoms with van der Waals surface area (Å²) in [5.41, 5.74) is 0. The highest BCUT2D eigenvalue weighted by Crippen LogP contribution is 2.10. The third-order valence-corrected chi connectivity index (χ3v) is 3.81. The molecule has 0 aliphatic carbocycles. The molecule has 0 radical (unpaired) electrons. The van der Waals surface area contributed by atoms with Crippen LogP contribution in [0.4, 0.5) is 0 Å². The lowest BCUT2D eigenvalue weighted by Crippen LogP contribution is -2.06. The Balaban J connectivity index is 2.52. The molecule has 0 aromatic heterocycles. The topological polar surface area (TPSA) is 43.4 Å². The lowest BCUT2D eigenvalue weighted by molar-refractivity contribution is -0.134. The molecule has 0 amide bonds. The van der Waals surface area contributed by atoms with Crippen LogP contribution in [0, 0.1) is 5.92 Å². The van der Waals surface area contributed by atoms with E-state index in [0.29, 0.717) is 5.75 Å². The van der Waals surface area contributed by atoms with E-state index in [-0.39, 0.29) is 11.9 Å². The molecular formula is C13H16O3S. The second-order valence-corrected chi connectivity index (χ2v) is 5.18. The Morgan fingerprint density at radius 3 is 2.65 bits per heavy atom. The van der Waals surface area contributed by atoms with Crippen LogP contribution in [0.1, 0.15) is 6.92 Å². The van der Waals surface area contributed by atoms with Gasteiger partial charge >= 0.3 is 5.97 Å². The maximum atomic E-state index is 11.9. The molecule has 0 spiro atoms. The summed E-state index contributed by atoms with van der Waals surface area (Å²) in [6.45, 7) is 1.92. The number of benzene rings is 1. The number of methoxy groups -OCH3 is 1. The normalized spacial score (nSPS) is 14.5. The van der Waals surface area contributed by atoms with Crippen LogP contribution in [-0.2, 0) is 20.3 Å². The molecule has 0 N–H and O–H groups in total. The fourth-order valence-corrected chi connectivity index (χ4v) is 2.52. The van der Waals surface area contributed by atoms with E-state index in [1.54, 1.807) is 6.08 Å². The predicted octanol–water partition coefficient (Wildman–Crippen LogP) is 2.16. The van der Waals surface area contributed by atoms with E-state index >= 15 is 0 Å². The lowest BCUT2D eigenvalue weighted by atomic mass is 10.2. The van der Waals surface area contributed by atoms with E-state index in [4.69, 9.17) is 0 Å². The summed E-state index contributed by atoms with van der Waals surface area (Å²) >= 11 is 0. The van der Waals surface area contributed by atoms with Crippen molar-refractivity contribution in [3.63, 3.8) is 0 Å². The molecule has 1 aromatic rings. The first kappa shape index (κ1) is 13.6. The first-order chi connectivity index (χ1) is 8.13. The van der Waals surface area contributed by atoms with Crippen LogP contribution < -0.4 is 0 Å². The van der Waals surface area contributed by atoms with Gasteiger partial charge in [-0.25, -0.2) is 4.79 Å². The van der Waals surface area contributed by atoms with Crippen molar-refractivity contribution in [2.75, 3.05) is 12.9 Å². The number of hydrogen-bond acceptors (Lipinski definition) is 3. The molecule has 1 aromatic carbocycles. The number of rotatable bonds is 5. The van der Waals surface area contributed by atoms with Gasteiger partial charge in [-0.15, -0.1) is 0 Å². The third-order valence-electron chi connectivity index (χ3n) is 2.18. The molecule has 1 unspecified atom stereocenters. The van der Waals surface area contributed by atoms with Gasteiger partial charge in [0.1, 0.15) is 0 Å². The summed E-state index contributed by atoms with van der Waals surface area (Å²) in [4.78, 5) is 11.7. The molecule has 3 nitrogen and oxygen atoms in total. The van der Waals surface area contributed by atoms with Gasteiger partial charge in [-0.3, -0.25) is 4.21 Å². The van der Waals surface area contributed by atoms with Crippen LogP contribution in [0.5, 0.6) is 0 Å². The van der Waals surface area contributed by atoms with Gasteiger partial charge in [-0.2, -0.15) is 0 Å². The Hall–Kier alpha value is -1.42. The molecule has 0 aliphatic heterocycles. The van der Waals surface area contributed by atoms with Gasteiger partial charge in [0.25, 0.3) is 0 Å². The quantitative estimate of drug-likeness (QED) is 0.596. The Labute approximate surface area is 104 Å². The fraction of sp³-hybridized carbons (Fsp3) is 0.308. The van der Waals surface area contributed by atoms with Crippen molar-refractivity contribution in [3.05, 3.63) is 42.5 Å². The molecule has 17 heavy (non-hydrogen) atoms. The minimum atomic E-state index is -1.03. The Morgan fingerprint density at radius 1 is 1.41 bits per heavy atom. The van der Waals surface area contributed by atoms with E-state index in [2.05, 4.69) is 4.74 Å². The van der Waals surface area contributed by atoms with Crippen LogP contribution >= 0.6 is 0 Å². The second-order valence-electron chi connectivity index (χ2n) is 3.68. The van der Waals surface area contributed by atoms with E-state index in [1.807, 2.05) is 37.3 Å². The maximum Gasteiger partial charge on any atom is 0.330 e. The van der Waals surface area contributed by atoms with E-state index < -0.39 is 10.8 Å². The molecule has 0 saturated carbocycles. The molecule has 0 saturated heterocycles. The van der Waals surface area contributed by atoms with Gasteiger partial charge in [-0.1, -0.05) is 31.2 Å². The predicted molar refractivity (Wildman–Crippen MR) is 68.0 cm³/mol. The number of hydrogen-bond donors (Lipinski definition) is 0. The summed E-state index contributed by atoms with van der Waals surface area (Å²) in [6.07, 6.45) is 3.08. The summed E-state index contributed by atoms with van der Waals surface area (Å²) in [6, 6.07) is 9.30. The van der Waals surface area contributed by atoms with Gasteiger partial charge in [0.2, 0.25) is 0 Å². The SMILES string of the molecule is COC(=O)/C=C/[C@H](C)CS(=O)c1ccccc1. The monoisotopic (exact) mass is 252 g/mol. The number of carbonyl (C=O) groups is 1. The molecule has 4 heteroatoms. The van der Waals surface area contributed by atoms with Gasteiger partial charge in [0, 0.05) is 16.7 Å². The van der Waals surface area contributed by atoms with Gasteiger partial charge in [-0.05, 0) is 18.1 Å². The van der Waals surface area contributed by atoms with Gasteiger partial charge < -0.3 is 4.74 Å². The minimum Gasteiger partial charge on any atom is -0.466 e. The molecule has 1 rings (SSSR count). The Kier molecular flexibility index (Phi) is 5.63. The van der Waals surface area contributed by atoms with Crippen molar-refractivity contribution < 1.29 is 13.7 Å². The van der Waals surface area contributed by atoms with Crippen LogP contribution in [0.2, 0.25) is 0 Å². The number of ether oxygens (including phenoxy) is 1. The number of esters is 1. The molecule has 2 atom stereocenters. The van der Waals surface area contributed by atoms with Crippen molar-refractivity contribution in [2.24, 2.45) is 5.92 Å². The van der Waals surface area contributed by atoms with E-state index in [1.165, 1.54) is 13.2 Å². The zero-order chi connectivity index (χ0) is 12.7. The van der Waals surface area contributed by atoms with Gasteiger partial charge in [0.15, 0.2) is 0 Å². The first-order valence-corrected chi connectivity index (χ1v) is 6.65. The zero-order valence-corrected chi connectivity index (χ0v) is 10.8. The van der Waals surface area contributed by atoms with Crippen molar-refractivity contribution >= 4 is 16.8 Å². The average Bonchev–Trinajstić information content (AvgIpc) is 2.36. The highest BCUT2D eigenvalue weighted by Gasteiger charge is 2.07. The molecule has 92 valence electrons. The van der Waals surface area contributed by atoms with Crippen LogP contribution in [0.15, 0.2) is 47.4 Å². The second kappa shape index (κ2) is 7.01. The molecule has 0 aliphatic rings. The standard InChI is InChI=1S/C13H16O3S/c1-11(8-9-13(14)16-2)10-17(15)12-6-4-3-5-7-12/h3-9,11H,10H2,1-2H3/b9-8+/t11-,17?/m0/s1. The van der Waals surface area contributed by atoms with Crippen molar-refractivity contribution in [3.8, 4) is 0 Å². The van der Waals surface area contributed by atoms with Crippen LogP contribution in [-0.4, -0.2) is 23.0 Å². The highest BCUT2D eigenvalue weighted by atomic mass is 32.2. The molecule has 0 heterocycles.